The second-order valence-electron chi connectivity index (χ2n) is 3.93. The van der Waals surface area contributed by atoms with Crippen molar-refractivity contribution in [3.8, 4) is 0 Å². The fraction of sp³-hybridized carbons (Fsp3) is 0.267. The molecular formula is C15H19. The second-order valence-corrected chi connectivity index (χ2v) is 3.93. The van der Waals surface area contributed by atoms with Crippen LogP contribution in [0.25, 0.3) is 0 Å². The Hall–Kier alpha value is -1.30. The van der Waals surface area contributed by atoms with Crippen LogP contribution in [0.2, 0.25) is 0 Å². The summed E-state index contributed by atoms with van der Waals surface area (Å²) in [5.41, 5.74) is 4.12. The zero-order chi connectivity index (χ0) is 11.3. The van der Waals surface area contributed by atoms with Crippen molar-refractivity contribution >= 4 is 0 Å². The largest absolute Gasteiger partial charge is 0.103 e. The van der Waals surface area contributed by atoms with Crippen molar-refractivity contribution in [2.75, 3.05) is 0 Å². The summed E-state index contributed by atoms with van der Waals surface area (Å²) in [6.45, 7) is 11.9. The normalized spacial score (nSPS) is 10.3. The molecule has 0 heterocycles. The molecule has 0 saturated heterocycles. The van der Waals surface area contributed by atoms with Crippen LogP contribution in [-0.2, 0) is 12.8 Å². The monoisotopic (exact) mass is 199 g/mol. The second kappa shape index (κ2) is 5.55. The van der Waals surface area contributed by atoms with Crippen LogP contribution in [0.1, 0.15) is 30.5 Å². The molecule has 0 aliphatic heterocycles. The summed E-state index contributed by atoms with van der Waals surface area (Å²) < 4.78 is 0. The molecule has 0 atom stereocenters. The number of hydrogen-bond acceptors (Lipinski definition) is 0. The topological polar surface area (TPSA) is 0 Å². The van der Waals surface area contributed by atoms with E-state index < -0.39 is 0 Å². The molecule has 0 bridgehead atoms. The van der Waals surface area contributed by atoms with Gasteiger partial charge >= 0.3 is 0 Å². The summed E-state index contributed by atoms with van der Waals surface area (Å²) in [5.74, 6) is 1.36. The number of benzene rings is 1. The van der Waals surface area contributed by atoms with E-state index >= 15 is 0 Å². The Kier molecular flexibility index (Phi) is 4.36. The highest BCUT2D eigenvalue weighted by Crippen LogP contribution is 2.23. The van der Waals surface area contributed by atoms with E-state index in [0.717, 1.165) is 12.8 Å². The third-order valence-corrected chi connectivity index (χ3v) is 2.52. The molecular weight excluding hydrogens is 180 g/mol. The predicted octanol–water partition coefficient (Wildman–Crippen LogP) is 4.11. The Morgan fingerprint density at radius 1 is 1.13 bits per heavy atom. The van der Waals surface area contributed by atoms with Gasteiger partial charge in [0.05, 0.1) is 0 Å². The van der Waals surface area contributed by atoms with Crippen molar-refractivity contribution in [1.29, 1.82) is 0 Å². The van der Waals surface area contributed by atoms with E-state index in [0.29, 0.717) is 0 Å². The Bertz CT molecular complexity index is 345. The van der Waals surface area contributed by atoms with Crippen LogP contribution in [-0.4, -0.2) is 0 Å². The molecule has 0 aliphatic carbocycles. The van der Waals surface area contributed by atoms with E-state index in [1.54, 1.807) is 0 Å². The van der Waals surface area contributed by atoms with Gasteiger partial charge < -0.3 is 0 Å². The van der Waals surface area contributed by atoms with Crippen LogP contribution >= 0.6 is 0 Å². The van der Waals surface area contributed by atoms with Gasteiger partial charge in [-0.1, -0.05) is 44.2 Å². The van der Waals surface area contributed by atoms with Crippen molar-refractivity contribution in [3.63, 3.8) is 0 Å². The molecule has 0 aromatic heterocycles. The maximum absolute atomic E-state index is 3.82. The van der Waals surface area contributed by atoms with Gasteiger partial charge in [-0.25, -0.2) is 0 Å². The number of rotatable bonds is 5. The first kappa shape index (κ1) is 11.8. The fourth-order valence-electron chi connectivity index (χ4n) is 1.84. The maximum atomic E-state index is 3.82. The van der Waals surface area contributed by atoms with E-state index in [1.807, 2.05) is 12.2 Å². The van der Waals surface area contributed by atoms with E-state index in [4.69, 9.17) is 0 Å². The molecule has 0 unspecified atom stereocenters. The molecule has 0 saturated carbocycles. The van der Waals surface area contributed by atoms with Crippen LogP contribution in [0.15, 0.2) is 43.5 Å². The summed E-state index contributed by atoms with van der Waals surface area (Å²) in [6, 6.07) is 6.47. The summed E-state index contributed by atoms with van der Waals surface area (Å²) in [7, 11) is 0. The van der Waals surface area contributed by atoms with Crippen LogP contribution in [0.3, 0.4) is 0 Å². The van der Waals surface area contributed by atoms with Crippen LogP contribution in [0, 0.1) is 5.92 Å². The lowest BCUT2D eigenvalue weighted by Gasteiger charge is -2.15. The Balaban J connectivity index is 3.20. The lowest BCUT2D eigenvalue weighted by atomic mass is 9.90. The van der Waals surface area contributed by atoms with Crippen molar-refractivity contribution in [2.24, 2.45) is 0 Å². The molecule has 0 heteroatoms. The smallest absolute Gasteiger partial charge is 0.000900 e. The molecule has 1 rings (SSSR count). The molecule has 1 radical (unpaired) electrons. The third kappa shape index (κ3) is 2.82. The lowest BCUT2D eigenvalue weighted by Crippen LogP contribution is -2.00. The van der Waals surface area contributed by atoms with Crippen molar-refractivity contribution in [1.82, 2.24) is 0 Å². The highest BCUT2D eigenvalue weighted by molar-refractivity contribution is 5.44. The quantitative estimate of drug-likeness (QED) is 0.626. The Labute approximate surface area is 93.3 Å². The van der Waals surface area contributed by atoms with Gasteiger partial charge in [0.1, 0.15) is 0 Å². The molecule has 0 N–H and O–H groups in total. The van der Waals surface area contributed by atoms with Gasteiger partial charge in [-0.2, -0.15) is 0 Å². The van der Waals surface area contributed by atoms with Crippen molar-refractivity contribution in [2.45, 2.75) is 26.7 Å². The highest BCUT2D eigenvalue weighted by atomic mass is 14.1. The maximum Gasteiger partial charge on any atom is -0.000900 e. The first-order valence-electron chi connectivity index (χ1n) is 5.33. The molecule has 15 heavy (non-hydrogen) atoms. The zero-order valence-electron chi connectivity index (χ0n) is 9.72. The van der Waals surface area contributed by atoms with Crippen LogP contribution in [0.5, 0.6) is 0 Å². The first-order chi connectivity index (χ1) is 7.20. The molecule has 79 valence electrons. The SMILES string of the molecule is C=CCc1cccc([C](C)C)c1CC=C. The van der Waals surface area contributed by atoms with Gasteiger partial charge in [-0.3, -0.25) is 0 Å². The van der Waals surface area contributed by atoms with E-state index in [-0.39, 0.29) is 0 Å². The predicted molar refractivity (Wildman–Crippen MR) is 67.9 cm³/mol. The number of hydrogen-bond donors (Lipinski definition) is 0. The molecule has 0 aliphatic rings. The zero-order valence-corrected chi connectivity index (χ0v) is 9.72. The Morgan fingerprint density at radius 3 is 2.33 bits per heavy atom. The molecule has 1 aromatic carbocycles. The molecule has 0 nitrogen and oxygen atoms in total. The minimum atomic E-state index is 0.935. The lowest BCUT2D eigenvalue weighted by molar-refractivity contribution is 1.06. The minimum absolute atomic E-state index is 0.935. The van der Waals surface area contributed by atoms with Gasteiger partial charge in [0.2, 0.25) is 0 Å². The van der Waals surface area contributed by atoms with Crippen LogP contribution < -0.4 is 0 Å². The molecule has 0 fully saturated rings. The van der Waals surface area contributed by atoms with Gasteiger partial charge in [0.25, 0.3) is 0 Å². The van der Waals surface area contributed by atoms with Crippen LogP contribution in [0.4, 0.5) is 0 Å². The van der Waals surface area contributed by atoms with E-state index in [9.17, 15) is 0 Å². The summed E-state index contributed by atoms with van der Waals surface area (Å²) in [4.78, 5) is 0. The van der Waals surface area contributed by atoms with Gasteiger partial charge in [0.15, 0.2) is 0 Å². The summed E-state index contributed by atoms with van der Waals surface area (Å²) in [6.07, 6.45) is 5.79. The fourth-order valence-corrected chi connectivity index (χ4v) is 1.84. The van der Waals surface area contributed by atoms with Crippen molar-refractivity contribution in [3.05, 3.63) is 66.1 Å². The average molecular weight is 199 g/mol. The Morgan fingerprint density at radius 2 is 1.80 bits per heavy atom. The summed E-state index contributed by atoms with van der Waals surface area (Å²) in [5, 5.41) is 0. The van der Waals surface area contributed by atoms with Gasteiger partial charge in [-0.05, 0) is 35.4 Å². The number of allylic oxidation sites excluding steroid dienone is 2. The van der Waals surface area contributed by atoms with Crippen molar-refractivity contribution < 1.29 is 0 Å². The highest BCUT2D eigenvalue weighted by Gasteiger charge is 2.08. The van der Waals surface area contributed by atoms with E-state index in [1.165, 1.54) is 22.6 Å². The molecule has 0 amide bonds. The van der Waals surface area contributed by atoms with Gasteiger partial charge in [-0.15, -0.1) is 13.2 Å². The standard InChI is InChI=1S/C15H19/c1-5-8-13-10-7-11-14(12(3)4)15(13)9-6-2/h5-7,10-11H,1-2,8-9H2,3-4H3. The van der Waals surface area contributed by atoms with Gasteiger partial charge in [0, 0.05) is 0 Å². The average Bonchev–Trinajstić information content (AvgIpc) is 2.21. The third-order valence-electron chi connectivity index (χ3n) is 2.52. The molecule has 0 spiro atoms. The van der Waals surface area contributed by atoms with E-state index in [2.05, 4.69) is 45.2 Å². The first-order valence-corrected chi connectivity index (χ1v) is 5.33. The minimum Gasteiger partial charge on any atom is -0.103 e. The summed E-state index contributed by atoms with van der Waals surface area (Å²) >= 11 is 0. The molecule has 1 aromatic rings.